The van der Waals surface area contributed by atoms with Crippen molar-refractivity contribution in [2.75, 3.05) is 0 Å². The van der Waals surface area contributed by atoms with Gasteiger partial charge in [0.05, 0.1) is 16.0 Å². The van der Waals surface area contributed by atoms with Crippen molar-refractivity contribution in [1.29, 1.82) is 0 Å². The highest BCUT2D eigenvalue weighted by Crippen LogP contribution is 2.27. The third-order valence-corrected chi connectivity index (χ3v) is 5.54. The molecule has 24 heavy (non-hydrogen) atoms. The highest BCUT2D eigenvalue weighted by molar-refractivity contribution is 7.90. The molecule has 124 valence electrons. The summed E-state index contributed by atoms with van der Waals surface area (Å²) in [7, 11) is -3.99. The number of benzene rings is 2. The normalized spacial score (nSPS) is 11.8. The molecule has 5 nitrogen and oxygen atoms in total. The van der Waals surface area contributed by atoms with Crippen LogP contribution in [0.2, 0.25) is 0 Å². The Balaban J connectivity index is 2.26. The molecule has 7 heteroatoms. The van der Waals surface area contributed by atoms with E-state index in [0.29, 0.717) is 0 Å². The van der Waals surface area contributed by atoms with Crippen LogP contribution in [0.1, 0.15) is 22.8 Å². The van der Waals surface area contributed by atoms with Gasteiger partial charge in [0.2, 0.25) is 0 Å². The van der Waals surface area contributed by atoms with Crippen molar-refractivity contribution < 1.29 is 22.7 Å². The van der Waals surface area contributed by atoms with Gasteiger partial charge >= 0.3 is 5.97 Å². The Morgan fingerprint density at radius 1 is 1.17 bits per heavy atom. The zero-order valence-electron chi connectivity index (χ0n) is 12.7. The fraction of sp³-hybridized carbons (Fsp3) is 0.118. The molecule has 0 saturated carbocycles. The lowest BCUT2D eigenvalue weighted by atomic mass is 10.2. The Labute approximate surface area is 138 Å². The Hall–Kier alpha value is -2.67. The van der Waals surface area contributed by atoms with Crippen molar-refractivity contribution in [3.05, 3.63) is 65.6 Å². The molecule has 0 amide bonds. The van der Waals surface area contributed by atoms with Crippen LogP contribution >= 0.6 is 0 Å². The predicted molar refractivity (Wildman–Crippen MR) is 87.3 cm³/mol. The van der Waals surface area contributed by atoms with E-state index in [-0.39, 0.29) is 21.4 Å². The number of carboxylic acids is 1. The molecule has 0 fully saturated rings. The standard InChI is InChI=1S/C17H14FNO4S/c1-2-11-3-6-13(7-4-11)24(22,23)19-10-15(17(20)21)14-9-12(18)5-8-16(14)19/h3-10H,2H2,1H3,(H,20,21). The van der Waals surface area contributed by atoms with Gasteiger partial charge in [0.25, 0.3) is 10.0 Å². The number of aromatic carboxylic acids is 1. The quantitative estimate of drug-likeness (QED) is 0.786. The largest absolute Gasteiger partial charge is 0.478 e. The maximum absolute atomic E-state index is 13.4. The zero-order valence-corrected chi connectivity index (χ0v) is 13.5. The number of rotatable bonds is 4. The van der Waals surface area contributed by atoms with Crippen LogP contribution in [0.25, 0.3) is 10.9 Å². The predicted octanol–water partition coefficient (Wildman–Crippen LogP) is 3.28. The maximum atomic E-state index is 13.4. The van der Waals surface area contributed by atoms with E-state index < -0.39 is 21.8 Å². The van der Waals surface area contributed by atoms with Gasteiger partial charge < -0.3 is 5.11 Å². The second-order valence-corrected chi connectivity index (χ2v) is 7.12. The number of carboxylic acid groups (broad SMARTS) is 1. The molecule has 0 aliphatic carbocycles. The van der Waals surface area contributed by atoms with E-state index in [2.05, 4.69) is 0 Å². The lowest BCUT2D eigenvalue weighted by Gasteiger charge is -2.08. The summed E-state index contributed by atoms with van der Waals surface area (Å²) in [6.07, 6.45) is 1.78. The highest BCUT2D eigenvalue weighted by atomic mass is 32.2. The van der Waals surface area contributed by atoms with Crippen LogP contribution in [0.4, 0.5) is 4.39 Å². The maximum Gasteiger partial charge on any atom is 0.337 e. The first kappa shape index (κ1) is 16.2. The number of halogens is 1. The highest BCUT2D eigenvalue weighted by Gasteiger charge is 2.23. The number of aryl methyl sites for hydroxylation is 1. The summed E-state index contributed by atoms with van der Waals surface area (Å²) in [6.45, 7) is 1.96. The van der Waals surface area contributed by atoms with Gasteiger partial charge in [0.1, 0.15) is 5.82 Å². The monoisotopic (exact) mass is 347 g/mol. The van der Waals surface area contributed by atoms with Gasteiger partial charge in [0.15, 0.2) is 0 Å². The molecule has 1 aromatic heterocycles. The molecular weight excluding hydrogens is 333 g/mol. The molecule has 3 rings (SSSR count). The SMILES string of the molecule is CCc1ccc(S(=O)(=O)n2cc(C(=O)O)c3cc(F)ccc32)cc1. The Morgan fingerprint density at radius 2 is 1.83 bits per heavy atom. The minimum Gasteiger partial charge on any atom is -0.478 e. The van der Waals surface area contributed by atoms with E-state index in [0.717, 1.165) is 34.3 Å². The summed E-state index contributed by atoms with van der Waals surface area (Å²) < 4.78 is 40.0. The summed E-state index contributed by atoms with van der Waals surface area (Å²) in [4.78, 5) is 11.4. The van der Waals surface area contributed by atoms with Gasteiger partial charge in [-0.25, -0.2) is 21.6 Å². The minimum absolute atomic E-state index is 0.0382. The van der Waals surface area contributed by atoms with Crippen molar-refractivity contribution in [3.8, 4) is 0 Å². The number of nitrogens with zero attached hydrogens (tertiary/aromatic N) is 1. The number of fused-ring (bicyclic) bond motifs is 1. The lowest BCUT2D eigenvalue weighted by molar-refractivity contribution is 0.0699. The van der Waals surface area contributed by atoms with Gasteiger partial charge in [-0.05, 0) is 42.3 Å². The van der Waals surface area contributed by atoms with Crippen LogP contribution in [-0.4, -0.2) is 23.5 Å². The van der Waals surface area contributed by atoms with E-state index in [1.165, 1.54) is 18.2 Å². The van der Waals surface area contributed by atoms with E-state index >= 15 is 0 Å². The van der Waals surface area contributed by atoms with Gasteiger partial charge in [0, 0.05) is 11.6 Å². The first-order valence-electron chi connectivity index (χ1n) is 7.23. The number of aromatic nitrogens is 1. The average molecular weight is 347 g/mol. The molecule has 0 radical (unpaired) electrons. The molecule has 2 aromatic carbocycles. The van der Waals surface area contributed by atoms with Crippen LogP contribution in [-0.2, 0) is 16.4 Å². The summed E-state index contributed by atoms with van der Waals surface area (Å²) in [6, 6.07) is 9.74. The molecule has 0 aliphatic heterocycles. The molecule has 1 N–H and O–H groups in total. The van der Waals surface area contributed by atoms with Crippen LogP contribution in [0, 0.1) is 5.82 Å². The second kappa shape index (κ2) is 5.76. The third-order valence-electron chi connectivity index (χ3n) is 3.85. The molecular formula is C17H14FNO4S. The van der Waals surface area contributed by atoms with E-state index in [1.54, 1.807) is 12.1 Å². The average Bonchev–Trinajstić information content (AvgIpc) is 2.94. The fourth-order valence-corrected chi connectivity index (χ4v) is 3.92. The number of hydrogen-bond donors (Lipinski definition) is 1. The van der Waals surface area contributed by atoms with Crippen LogP contribution in [0.5, 0.6) is 0 Å². The molecule has 0 unspecified atom stereocenters. The van der Waals surface area contributed by atoms with E-state index in [1.807, 2.05) is 6.92 Å². The van der Waals surface area contributed by atoms with Crippen LogP contribution < -0.4 is 0 Å². The van der Waals surface area contributed by atoms with Gasteiger partial charge in [-0.2, -0.15) is 0 Å². The van der Waals surface area contributed by atoms with Crippen molar-refractivity contribution in [2.24, 2.45) is 0 Å². The van der Waals surface area contributed by atoms with E-state index in [9.17, 15) is 22.7 Å². The van der Waals surface area contributed by atoms with Gasteiger partial charge in [-0.15, -0.1) is 0 Å². The molecule has 0 saturated heterocycles. The summed E-state index contributed by atoms with van der Waals surface area (Å²) in [5.74, 6) is -1.95. The van der Waals surface area contributed by atoms with Gasteiger partial charge in [-0.3, -0.25) is 0 Å². The molecule has 0 aliphatic rings. The lowest BCUT2D eigenvalue weighted by Crippen LogP contribution is -2.12. The third kappa shape index (κ3) is 2.56. The second-order valence-electron chi connectivity index (χ2n) is 5.31. The zero-order chi connectivity index (χ0) is 17.5. The topological polar surface area (TPSA) is 76.4 Å². The fourth-order valence-electron chi connectivity index (χ4n) is 2.55. The molecule has 1 heterocycles. The van der Waals surface area contributed by atoms with Crippen molar-refractivity contribution in [2.45, 2.75) is 18.2 Å². The minimum atomic E-state index is -3.99. The first-order chi connectivity index (χ1) is 11.3. The van der Waals surface area contributed by atoms with Crippen molar-refractivity contribution in [1.82, 2.24) is 3.97 Å². The Morgan fingerprint density at radius 3 is 2.42 bits per heavy atom. The van der Waals surface area contributed by atoms with E-state index in [4.69, 9.17) is 0 Å². The Bertz CT molecular complexity index is 1040. The Kier molecular flexibility index (Phi) is 3.88. The summed E-state index contributed by atoms with van der Waals surface area (Å²) in [5.41, 5.74) is 0.839. The van der Waals surface area contributed by atoms with Gasteiger partial charge in [-0.1, -0.05) is 19.1 Å². The molecule has 3 aromatic rings. The molecule has 0 atom stereocenters. The smallest absolute Gasteiger partial charge is 0.337 e. The van der Waals surface area contributed by atoms with Crippen LogP contribution in [0.15, 0.2) is 53.6 Å². The summed E-state index contributed by atoms with van der Waals surface area (Å²) in [5, 5.41) is 9.30. The summed E-state index contributed by atoms with van der Waals surface area (Å²) >= 11 is 0. The molecule has 0 bridgehead atoms. The number of hydrogen-bond acceptors (Lipinski definition) is 3. The number of carbonyl (C=O) groups is 1. The van der Waals surface area contributed by atoms with Crippen molar-refractivity contribution in [3.63, 3.8) is 0 Å². The molecule has 0 spiro atoms. The van der Waals surface area contributed by atoms with Crippen LogP contribution in [0.3, 0.4) is 0 Å². The van der Waals surface area contributed by atoms with Crippen molar-refractivity contribution >= 4 is 26.9 Å². The first-order valence-corrected chi connectivity index (χ1v) is 8.67.